The molecule has 0 bridgehead atoms. The van der Waals surface area contributed by atoms with Gasteiger partial charge in [-0.3, -0.25) is 4.79 Å². The summed E-state index contributed by atoms with van der Waals surface area (Å²) in [4.78, 5) is 16.2. The second-order valence-corrected chi connectivity index (χ2v) is 4.01. The first-order valence-electron chi connectivity index (χ1n) is 5.52. The van der Waals surface area contributed by atoms with Crippen LogP contribution in [0.3, 0.4) is 0 Å². The van der Waals surface area contributed by atoms with Gasteiger partial charge in [-0.15, -0.1) is 0 Å². The highest BCUT2D eigenvalue weighted by Gasteiger charge is 2.18. The zero-order valence-electron chi connectivity index (χ0n) is 9.84. The van der Waals surface area contributed by atoms with E-state index in [9.17, 15) is 4.79 Å². The summed E-state index contributed by atoms with van der Waals surface area (Å²) in [6.45, 7) is 1.84. The minimum Gasteiger partial charge on any atom is -0.334 e. The molecule has 0 radical (unpaired) electrons. The van der Waals surface area contributed by atoms with Gasteiger partial charge in [-0.05, 0) is 24.6 Å². The molecule has 0 amide bonds. The molecule has 0 saturated heterocycles. The average molecular weight is 227 g/mol. The highest BCUT2D eigenvalue weighted by atomic mass is 16.1. The largest absolute Gasteiger partial charge is 0.334 e. The summed E-state index contributed by atoms with van der Waals surface area (Å²) in [6, 6.07) is 7.39. The molecule has 4 nitrogen and oxygen atoms in total. The van der Waals surface area contributed by atoms with Crippen LogP contribution in [0.5, 0.6) is 0 Å². The summed E-state index contributed by atoms with van der Waals surface area (Å²) in [7, 11) is 1.90. The molecule has 1 aromatic heterocycles. The molecule has 0 N–H and O–H groups in total. The van der Waals surface area contributed by atoms with E-state index in [1.807, 2.05) is 30.7 Å². The van der Waals surface area contributed by atoms with Crippen LogP contribution >= 0.6 is 0 Å². The Morgan fingerprint density at radius 3 is 3.00 bits per heavy atom. The first-order valence-corrected chi connectivity index (χ1v) is 5.52. The molecule has 1 aromatic carbocycles. The fourth-order valence-electron chi connectivity index (χ4n) is 1.83. The van der Waals surface area contributed by atoms with Gasteiger partial charge in [0.15, 0.2) is 5.78 Å². The van der Waals surface area contributed by atoms with Crippen LogP contribution in [0.15, 0.2) is 24.5 Å². The maximum Gasteiger partial charge on any atom is 0.180 e. The zero-order valence-corrected chi connectivity index (χ0v) is 9.84. The lowest BCUT2D eigenvalue weighted by atomic mass is 9.96. The number of Topliss-reactive ketones (excluding diaryl/α,β-unsaturated/α-hetero) is 1. The molecule has 0 spiro atoms. The van der Waals surface area contributed by atoms with Crippen LogP contribution in [-0.2, 0) is 7.05 Å². The van der Waals surface area contributed by atoms with Crippen molar-refractivity contribution in [1.29, 1.82) is 5.26 Å². The van der Waals surface area contributed by atoms with E-state index < -0.39 is 5.92 Å². The Balaban J connectivity index is 2.43. The number of hydrogen-bond donors (Lipinski definition) is 0. The van der Waals surface area contributed by atoms with Gasteiger partial charge in [-0.25, -0.2) is 4.98 Å². The molecule has 86 valence electrons. The van der Waals surface area contributed by atoms with Crippen LogP contribution in [0, 0.1) is 17.2 Å². The molecule has 4 heteroatoms. The number of nitriles is 1. The third kappa shape index (κ3) is 1.92. The molecule has 2 aromatic rings. The molecular formula is C13H13N3O. The third-order valence-electron chi connectivity index (χ3n) is 2.89. The van der Waals surface area contributed by atoms with Gasteiger partial charge in [0.05, 0.1) is 23.4 Å². The summed E-state index contributed by atoms with van der Waals surface area (Å²) in [5.74, 6) is -0.682. The number of ketones is 1. The van der Waals surface area contributed by atoms with Gasteiger partial charge in [0, 0.05) is 12.6 Å². The first-order chi connectivity index (χ1) is 8.17. The molecule has 0 fully saturated rings. The van der Waals surface area contributed by atoms with Crippen molar-refractivity contribution in [3.8, 4) is 6.07 Å². The van der Waals surface area contributed by atoms with Crippen molar-refractivity contribution < 1.29 is 4.79 Å². The van der Waals surface area contributed by atoms with Gasteiger partial charge in [0.25, 0.3) is 0 Å². The summed E-state index contributed by atoms with van der Waals surface area (Å²) in [5.41, 5.74) is 2.32. The topological polar surface area (TPSA) is 58.7 Å². The highest BCUT2D eigenvalue weighted by molar-refractivity contribution is 6.01. The Morgan fingerprint density at radius 2 is 2.35 bits per heavy atom. The first kappa shape index (κ1) is 11.3. The van der Waals surface area contributed by atoms with Gasteiger partial charge in [-0.1, -0.05) is 6.92 Å². The molecule has 0 aliphatic carbocycles. The predicted molar refractivity (Wildman–Crippen MR) is 64.4 cm³/mol. The third-order valence-corrected chi connectivity index (χ3v) is 2.89. The van der Waals surface area contributed by atoms with E-state index in [4.69, 9.17) is 5.26 Å². The SMILES string of the molecule is CCC(C#N)C(=O)c1ccc2c(c1)ncn2C. The van der Waals surface area contributed by atoms with Crippen LogP contribution in [0.2, 0.25) is 0 Å². The van der Waals surface area contributed by atoms with Gasteiger partial charge in [0.1, 0.15) is 5.92 Å². The highest BCUT2D eigenvalue weighted by Crippen LogP contribution is 2.17. The Bertz CT molecular complexity index is 607. The number of carbonyl (C=O) groups is 1. The van der Waals surface area contributed by atoms with Crippen molar-refractivity contribution in [1.82, 2.24) is 9.55 Å². The predicted octanol–water partition coefficient (Wildman–Crippen LogP) is 2.31. The van der Waals surface area contributed by atoms with Crippen molar-refractivity contribution in [2.24, 2.45) is 13.0 Å². The summed E-state index contributed by atoms with van der Waals surface area (Å²) in [6.07, 6.45) is 2.25. The second kappa shape index (κ2) is 4.38. The van der Waals surface area contributed by atoms with Crippen LogP contribution in [0.4, 0.5) is 0 Å². The molecular weight excluding hydrogens is 214 g/mol. The Morgan fingerprint density at radius 1 is 1.59 bits per heavy atom. The van der Waals surface area contributed by atoms with E-state index in [1.54, 1.807) is 18.5 Å². The van der Waals surface area contributed by atoms with Gasteiger partial charge in [-0.2, -0.15) is 5.26 Å². The van der Waals surface area contributed by atoms with E-state index in [0.29, 0.717) is 12.0 Å². The van der Waals surface area contributed by atoms with Gasteiger partial charge < -0.3 is 4.57 Å². The van der Waals surface area contributed by atoms with Crippen molar-refractivity contribution >= 4 is 16.8 Å². The van der Waals surface area contributed by atoms with Crippen LogP contribution < -0.4 is 0 Å². The number of rotatable bonds is 3. The van der Waals surface area contributed by atoms with Crippen molar-refractivity contribution in [3.05, 3.63) is 30.1 Å². The minimum atomic E-state index is -0.559. The van der Waals surface area contributed by atoms with Gasteiger partial charge in [0.2, 0.25) is 0 Å². The average Bonchev–Trinajstić information content (AvgIpc) is 2.72. The lowest BCUT2D eigenvalue weighted by Crippen LogP contribution is -2.11. The van der Waals surface area contributed by atoms with E-state index in [-0.39, 0.29) is 5.78 Å². The molecule has 1 heterocycles. The number of hydrogen-bond acceptors (Lipinski definition) is 3. The van der Waals surface area contributed by atoms with Crippen LogP contribution in [0.25, 0.3) is 11.0 Å². The smallest absolute Gasteiger partial charge is 0.180 e. The fraction of sp³-hybridized carbons (Fsp3) is 0.308. The van der Waals surface area contributed by atoms with Crippen LogP contribution in [0.1, 0.15) is 23.7 Å². The number of carbonyl (C=O) groups excluding carboxylic acids is 1. The number of nitrogens with zero attached hydrogens (tertiary/aromatic N) is 3. The number of aryl methyl sites for hydroxylation is 1. The lowest BCUT2D eigenvalue weighted by molar-refractivity contribution is 0.0947. The molecule has 1 unspecified atom stereocenters. The van der Waals surface area contributed by atoms with Crippen molar-refractivity contribution in [3.63, 3.8) is 0 Å². The number of benzene rings is 1. The minimum absolute atomic E-state index is 0.123. The standard InChI is InChI=1S/C13H13N3O/c1-3-9(7-14)13(17)10-4-5-12-11(6-10)15-8-16(12)2/h4-6,8-9H,3H2,1-2H3. The summed E-state index contributed by atoms with van der Waals surface area (Å²) < 4.78 is 1.89. The number of fused-ring (bicyclic) bond motifs is 1. The monoisotopic (exact) mass is 227 g/mol. The quantitative estimate of drug-likeness (QED) is 0.756. The van der Waals surface area contributed by atoms with E-state index in [2.05, 4.69) is 4.98 Å². The molecule has 2 rings (SSSR count). The molecule has 0 saturated carbocycles. The molecule has 0 aliphatic rings. The second-order valence-electron chi connectivity index (χ2n) is 4.01. The number of imidazole rings is 1. The van der Waals surface area contributed by atoms with E-state index in [1.165, 1.54) is 0 Å². The summed E-state index contributed by atoms with van der Waals surface area (Å²) in [5, 5.41) is 8.88. The zero-order chi connectivity index (χ0) is 12.4. The Labute approximate surface area is 99.5 Å². The van der Waals surface area contributed by atoms with Crippen LogP contribution in [-0.4, -0.2) is 15.3 Å². The van der Waals surface area contributed by atoms with Gasteiger partial charge >= 0.3 is 0 Å². The Hall–Kier alpha value is -2.15. The molecule has 1 atom stereocenters. The number of aromatic nitrogens is 2. The van der Waals surface area contributed by atoms with E-state index in [0.717, 1.165) is 11.0 Å². The summed E-state index contributed by atoms with van der Waals surface area (Å²) >= 11 is 0. The normalized spacial score (nSPS) is 12.3. The van der Waals surface area contributed by atoms with Crippen molar-refractivity contribution in [2.45, 2.75) is 13.3 Å². The van der Waals surface area contributed by atoms with E-state index >= 15 is 0 Å². The maximum absolute atomic E-state index is 12.0. The molecule has 17 heavy (non-hydrogen) atoms. The maximum atomic E-state index is 12.0. The lowest BCUT2D eigenvalue weighted by Gasteiger charge is -2.05. The van der Waals surface area contributed by atoms with Crippen molar-refractivity contribution in [2.75, 3.05) is 0 Å². The Kier molecular flexibility index (Phi) is 2.92. The molecule has 0 aliphatic heterocycles. The fourth-order valence-corrected chi connectivity index (χ4v) is 1.83.